The van der Waals surface area contributed by atoms with Crippen molar-refractivity contribution in [2.24, 2.45) is 0 Å². The van der Waals surface area contributed by atoms with Gasteiger partial charge < -0.3 is 15.2 Å². The normalized spacial score (nSPS) is 16.4. The summed E-state index contributed by atoms with van der Waals surface area (Å²) in [6, 6.07) is 8.78. The van der Waals surface area contributed by atoms with Crippen LogP contribution in [0.3, 0.4) is 0 Å². The Labute approximate surface area is 170 Å². The SMILES string of the molecule is CN(C)[C@@H](CNC(=O)c1cc(S(=O)(=O)N2CCCC2)c[nH]1)c1ccccc1Cl. The lowest BCUT2D eigenvalue weighted by Gasteiger charge is -2.25. The van der Waals surface area contributed by atoms with Gasteiger partial charge in [-0.1, -0.05) is 29.8 Å². The van der Waals surface area contributed by atoms with E-state index >= 15 is 0 Å². The van der Waals surface area contributed by atoms with Crippen molar-refractivity contribution in [1.29, 1.82) is 0 Å². The molecule has 152 valence electrons. The zero-order valence-electron chi connectivity index (χ0n) is 16.0. The molecule has 1 atom stereocenters. The molecule has 0 spiro atoms. The molecule has 1 aromatic carbocycles. The van der Waals surface area contributed by atoms with E-state index in [2.05, 4.69) is 10.3 Å². The highest BCUT2D eigenvalue weighted by atomic mass is 35.5. The van der Waals surface area contributed by atoms with E-state index in [1.165, 1.54) is 16.6 Å². The predicted molar refractivity (Wildman–Crippen MR) is 109 cm³/mol. The first-order valence-electron chi connectivity index (χ1n) is 9.18. The zero-order chi connectivity index (χ0) is 20.3. The second-order valence-corrected chi connectivity index (χ2v) is 9.42. The van der Waals surface area contributed by atoms with Crippen molar-refractivity contribution in [3.63, 3.8) is 0 Å². The number of halogens is 1. The fourth-order valence-corrected chi connectivity index (χ4v) is 5.11. The van der Waals surface area contributed by atoms with Crippen molar-refractivity contribution in [2.75, 3.05) is 33.7 Å². The Kier molecular flexibility index (Phi) is 6.44. The summed E-state index contributed by atoms with van der Waals surface area (Å²) < 4.78 is 26.7. The van der Waals surface area contributed by atoms with Crippen molar-refractivity contribution in [3.05, 3.63) is 52.8 Å². The number of amides is 1. The molecule has 3 rings (SSSR count). The molecule has 1 aromatic heterocycles. The number of carbonyl (C=O) groups is 1. The molecule has 1 aliphatic heterocycles. The highest BCUT2D eigenvalue weighted by Crippen LogP contribution is 2.26. The van der Waals surface area contributed by atoms with Gasteiger partial charge in [0.1, 0.15) is 10.6 Å². The van der Waals surface area contributed by atoms with Crippen molar-refractivity contribution in [1.82, 2.24) is 19.5 Å². The van der Waals surface area contributed by atoms with Crippen molar-refractivity contribution in [3.8, 4) is 0 Å². The second-order valence-electron chi connectivity index (χ2n) is 7.07. The quantitative estimate of drug-likeness (QED) is 0.715. The van der Waals surface area contributed by atoms with Gasteiger partial charge in [-0.05, 0) is 44.6 Å². The fraction of sp³-hybridized carbons (Fsp3) is 0.421. The van der Waals surface area contributed by atoms with E-state index in [0.717, 1.165) is 18.4 Å². The second kappa shape index (κ2) is 8.65. The number of nitrogens with zero attached hydrogens (tertiary/aromatic N) is 2. The van der Waals surface area contributed by atoms with Gasteiger partial charge in [-0.15, -0.1) is 0 Å². The summed E-state index contributed by atoms with van der Waals surface area (Å²) in [5, 5.41) is 3.50. The molecule has 28 heavy (non-hydrogen) atoms. The molecule has 9 heteroatoms. The molecule has 7 nitrogen and oxygen atoms in total. The summed E-state index contributed by atoms with van der Waals surface area (Å²) in [7, 11) is 0.276. The Balaban J connectivity index is 1.69. The van der Waals surface area contributed by atoms with Crippen LogP contribution in [0.2, 0.25) is 5.02 Å². The molecule has 1 amide bonds. The summed E-state index contributed by atoms with van der Waals surface area (Å²) in [5.41, 5.74) is 1.13. The molecule has 0 aliphatic carbocycles. The highest BCUT2D eigenvalue weighted by Gasteiger charge is 2.28. The van der Waals surface area contributed by atoms with Crippen LogP contribution >= 0.6 is 11.6 Å². The first-order valence-corrected chi connectivity index (χ1v) is 11.0. The summed E-state index contributed by atoms with van der Waals surface area (Å²) >= 11 is 6.29. The van der Waals surface area contributed by atoms with Crippen molar-refractivity contribution >= 4 is 27.5 Å². The topological polar surface area (TPSA) is 85.5 Å². The van der Waals surface area contributed by atoms with Gasteiger partial charge in [-0.25, -0.2) is 8.42 Å². The van der Waals surface area contributed by atoms with E-state index in [9.17, 15) is 13.2 Å². The number of benzene rings is 1. The van der Waals surface area contributed by atoms with Crippen LogP contribution in [0.5, 0.6) is 0 Å². The molecule has 0 unspecified atom stereocenters. The zero-order valence-corrected chi connectivity index (χ0v) is 17.6. The number of nitrogens with one attached hydrogen (secondary N) is 2. The van der Waals surface area contributed by atoms with E-state index in [1.54, 1.807) is 0 Å². The van der Waals surface area contributed by atoms with Crippen LogP contribution in [0.4, 0.5) is 0 Å². The van der Waals surface area contributed by atoms with E-state index in [4.69, 9.17) is 11.6 Å². The average molecular weight is 425 g/mol. The molecular weight excluding hydrogens is 400 g/mol. The summed E-state index contributed by atoms with van der Waals surface area (Å²) in [5.74, 6) is -0.359. The van der Waals surface area contributed by atoms with Crippen molar-refractivity contribution < 1.29 is 13.2 Å². The number of sulfonamides is 1. The van der Waals surface area contributed by atoms with Crippen LogP contribution in [0.25, 0.3) is 0 Å². The van der Waals surface area contributed by atoms with Gasteiger partial charge in [-0.2, -0.15) is 4.31 Å². The molecule has 2 aromatic rings. The number of H-pyrrole nitrogens is 1. The summed E-state index contributed by atoms with van der Waals surface area (Å²) in [6.07, 6.45) is 3.11. The summed E-state index contributed by atoms with van der Waals surface area (Å²) in [6.45, 7) is 1.39. The van der Waals surface area contributed by atoms with Crippen LogP contribution in [0.15, 0.2) is 41.4 Å². The standard InChI is InChI=1S/C19H25ClN4O3S/c1-23(2)18(15-7-3-4-8-16(15)20)13-22-19(25)17-11-14(12-21-17)28(26,27)24-9-5-6-10-24/h3-4,7-8,11-12,18,21H,5-6,9-10,13H2,1-2H3,(H,22,25)/t18-/m0/s1. The van der Waals surface area contributed by atoms with Gasteiger partial charge in [0.2, 0.25) is 10.0 Å². The molecule has 0 bridgehead atoms. The number of likely N-dealkylation sites (N-methyl/N-ethyl adjacent to an activating group) is 1. The molecule has 0 saturated carbocycles. The maximum absolute atomic E-state index is 12.6. The Morgan fingerprint density at radius 1 is 1.29 bits per heavy atom. The lowest BCUT2D eigenvalue weighted by molar-refractivity contribution is 0.0937. The van der Waals surface area contributed by atoms with Gasteiger partial charge in [0, 0.05) is 30.9 Å². The van der Waals surface area contributed by atoms with Gasteiger partial charge in [0.05, 0.1) is 6.04 Å². The molecule has 2 N–H and O–H groups in total. The number of carbonyl (C=O) groups excluding carboxylic acids is 1. The maximum atomic E-state index is 12.6. The largest absolute Gasteiger partial charge is 0.356 e. The third-order valence-electron chi connectivity index (χ3n) is 4.95. The lowest BCUT2D eigenvalue weighted by atomic mass is 10.1. The minimum atomic E-state index is -3.55. The van der Waals surface area contributed by atoms with Gasteiger partial charge >= 0.3 is 0 Å². The Bertz CT molecular complexity index is 936. The number of hydrogen-bond acceptors (Lipinski definition) is 4. The third kappa shape index (κ3) is 4.41. The predicted octanol–water partition coefficient (Wildman–Crippen LogP) is 2.49. The lowest BCUT2D eigenvalue weighted by Crippen LogP contribution is -2.34. The molecule has 1 saturated heterocycles. The maximum Gasteiger partial charge on any atom is 0.267 e. The Morgan fingerprint density at radius 2 is 1.96 bits per heavy atom. The Morgan fingerprint density at radius 3 is 2.61 bits per heavy atom. The molecule has 0 radical (unpaired) electrons. The first-order chi connectivity index (χ1) is 13.3. The van der Waals surface area contributed by atoms with Gasteiger partial charge in [0.25, 0.3) is 5.91 Å². The highest BCUT2D eigenvalue weighted by molar-refractivity contribution is 7.89. The minimum absolute atomic E-state index is 0.111. The van der Waals surface area contributed by atoms with E-state index < -0.39 is 10.0 Å². The van der Waals surface area contributed by atoms with Crippen molar-refractivity contribution in [2.45, 2.75) is 23.8 Å². The van der Waals surface area contributed by atoms with Crippen LogP contribution in [-0.2, 0) is 10.0 Å². The molecule has 2 heterocycles. The van der Waals surface area contributed by atoms with E-state index in [-0.39, 0.29) is 22.5 Å². The third-order valence-corrected chi connectivity index (χ3v) is 7.17. The molecule has 1 aliphatic rings. The minimum Gasteiger partial charge on any atom is -0.356 e. The fourth-order valence-electron chi connectivity index (χ4n) is 3.33. The number of aromatic amines is 1. The van der Waals surface area contributed by atoms with E-state index in [0.29, 0.717) is 24.7 Å². The van der Waals surface area contributed by atoms with Crippen LogP contribution in [-0.4, -0.2) is 62.2 Å². The van der Waals surface area contributed by atoms with Crippen LogP contribution < -0.4 is 5.32 Å². The number of hydrogen-bond donors (Lipinski definition) is 2. The number of rotatable bonds is 7. The van der Waals surface area contributed by atoms with Gasteiger partial charge in [-0.3, -0.25) is 4.79 Å². The summed E-state index contributed by atoms with van der Waals surface area (Å²) in [4.78, 5) is 17.4. The van der Waals surface area contributed by atoms with Crippen LogP contribution in [0, 0.1) is 0 Å². The Hall–Kier alpha value is -1.87. The number of aromatic nitrogens is 1. The average Bonchev–Trinajstić information content (AvgIpc) is 3.35. The smallest absolute Gasteiger partial charge is 0.267 e. The monoisotopic (exact) mass is 424 g/mol. The van der Waals surface area contributed by atoms with Crippen LogP contribution in [0.1, 0.15) is 34.9 Å². The molecular formula is C19H25ClN4O3S. The molecule has 1 fully saturated rings. The first kappa shape index (κ1) is 20.9. The van der Waals surface area contributed by atoms with Gasteiger partial charge in [0.15, 0.2) is 0 Å². The van der Waals surface area contributed by atoms with E-state index in [1.807, 2.05) is 43.3 Å².